The summed E-state index contributed by atoms with van der Waals surface area (Å²) >= 11 is 0. The zero-order chi connectivity index (χ0) is 18.8. The largest absolute Gasteiger partial charge is 0.375 e. The smallest absolute Gasteiger partial charge is 0.249 e. The molecule has 1 unspecified atom stereocenters. The first-order valence-electron chi connectivity index (χ1n) is 10.2. The van der Waals surface area contributed by atoms with Gasteiger partial charge in [0.1, 0.15) is 12.4 Å². The van der Waals surface area contributed by atoms with E-state index in [-0.39, 0.29) is 24.5 Å². The fourth-order valence-corrected chi connectivity index (χ4v) is 4.24. The summed E-state index contributed by atoms with van der Waals surface area (Å²) in [5.74, 6) is 2.68. The first-order chi connectivity index (χ1) is 13.2. The highest BCUT2D eigenvalue weighted by Crippen LogP contribution is 2.33. The molecule has 8 heteroatoms. The second kappa shape index (κ2) is 7.96. The van der Waals surface area contributed by atoms with Crippen LogP contribution in [0.3, 0.4) is 0 Å². The lowest BCUT2D eigenvalue weighted by atomic mass is 10.0. The SMILES string of the molecule is COCC(=O)N1CCCCC1c1nnc2n1CCN(C(=O)CC1CC1)CC2. The number of amides is 2. The molecule has 1 saturated carbocycles. The molecule has 1 saturated heterocycles. The van der Waals surface area contributed by atoms with Gasteiger partial charge in [-0.1, -0.05) is 0 Å². The summed E-state index contributed by atoms with van der Waals surface area (Å²) < 4.78 is 7.20. The van der Waals surface area contributed by atoms with Gasteiger partial charge in [-0.3, -0.25) is 9.59 Å². The quantitative estimate of drug-likeness (QED) is 0.772. The standard InChI is InChI=1S/C19H29N5O3/c1-27-13-18(26)23-8-3-2-4-15(23)19-21-20-16-7-9-22(10-11-24(16)19)17(25)12-14-5-6-14/h14-15H,2-13H2,1H3. The zero-order valence-electron chi connectivity index (χ0n) is 16.1. The van der Waals surface area contributed by atoms with Crippen LogP contribution in [-0.4, -0.2) is 69.7 Å². The Morgan fingerprint density at radius 2 is 1.89 bits per heavy atom. The number of aromatic nitrogens is 3. The van der Waals surface area contributed by atoms with E-state index < -0.39 is 0 Å². The summed E-state index contributed by atoms with van der Waals surface area (Å²) in [5, 5.41) is 8.86. The molecular formula is C19H29N5O3. The molecule has 1 aromatic rings. The summed E-state index contributed by atoms with van der Waals surface area (Å²) in [7, 11) is 1.55. The average Bonchev–Trinajstić information content (AvgIpc) is 3.44. The van der Waals surface area contributed by atoms with E-state index in [1.807, 2.05) is 9.80 Å². The normalized spacial score (nSPS) is 23.1. The molecule has 2 amide bonds. The highest BCUT2D eigenvalue weighted by Gasteiger charge is 2.34. The van der Waals surface area contributed by atoms with Crippen molar-refractivity contribution in [3.05, 3.63) is 11.6 Å². The second-order valence-corrected chi connectivity index (χ2v) is 7.94. The molecule has 1 aromatic heterocycles. The third kappa shape index (κ3) is 4.00. The molecule has 27 heavy (non-hydrogen) atoms. The first-order valence-corrected chi connectivity index (χ1v) is 10.2. The molecule has 0 N–H and O–H groups in total. The molecule has 0 spiro atoms. The minimum atomic E-state index is -0.0450. The van der Waals surface area contributed by atoms with Crippen molar-refractivity contribution in [3.63, 3.8) is 0 Å². The van der Waals surface area contributed by atoms with Crippen LogP contribution in [0.2, 0.25) is 0 Å². The molecule has 0 aromatic carbocycles. The van der Waals surface area contributed by atoms with Gasteiger partial charge in [-0.2, -0.15) is 0 Å². The van der Waals surface area contributed by atoms with Crippen LogP contribution in [0, 0.1) is 5.92 Å². The van der Waals surface area contributed by atoms with E-state index in [1.165, 1.54) is 12.8 Å². The van der Waals surface area contributed by atoms with Gasteiger partial charge in [-0.25, -0.2) is 0 Å². The number of carbonyl (C=O) groups is 2. The van der Waals surface area contributed by atoms with Crippen LogP contribution < -0.4 is 0 Å². The molecule has 148 valence electrons. The van der Waals surface area contributed by atoms with Crippen LogP contribution in [0.15, 0.2) is 0 Å². The van der Waals surface area contributed by atoms with Crippen LogP contribution in [0.4, 0.5) is 0 Å². The molecule has 1 aliphatic carbocycles. The van der Waals surface area contributed by atoms with Crippen molar-refractivity contribution in [1.29, 1.82) is 0 Å². The molecule has 4 rings (SSSR count). The van der Waals surface area contributed by atoms with Gasteiger partial charge in [0.05, 0.1) is 6.04 Å². The topological polar surface area (TPSA) is 80.6 Å². The van der Waals surface area contributed by atoms with Crippen LogP contribution in [-0.2, 0) is 27.3 Å². The third-order valence-corrected chi connectivity index (χ3v) is 5.96. The molecule has 2 aliphatic heterocycles. The maximum atomic E-state index is 12.5. The van der Waals surface area contributed by atoms with Gasteiger partial charge >= 0.3 is 0 Å². The van der Waals surface area contributed by atoms with E-state index in [4.69, 9.17) is 4.74 Å². The zero-order valence-corrected chi connectivity index (χ0v) is 16.1. The number of piperidine rings is 1. The number of rotatable bonds is 5. The van der Waals surface area contributed by atoms with E-state index in [2.05, 4.69) is 14.8 Å². The number of hydrogen-bond acceptors (Lipinski definition) is 5. The number of likely N-dealkylation sites (tertiary alicyclic amines) is 1. The van der Waals surface area contributed by atoms with E-state index in [0.717, 1.165) is 43.9 Å². The lowest BCUT2D eigenvalue weighted by molar-refractivity contribution is -0.139. The Labute approximate surface area is 159 Å². The van der Waals surface area contributed by atoms with Gasteiger partial charge in [0.15, 0.2) is 5.82 Å². The molecular weight excluding hydrogens is 346 g/mol. The Bertz CT molecular complexity index is 700. The Hall–Kier alpha value is -1.96. The predicted molar refractivity (Wildman–Crippen MR) is 97.8 cm³/mol. The van der Waals surface area contributed by atoms with Crippen molar-refractivity contribution < 1.29 is 14.3 Å². The molecule has 1 atom stereocenters. The summed E-state index contributed by atoms with van der Waals surface area (Å²) in [4.78, 5) is 28.8. The van der Waals surface area contributed by atoms with Crippen LogP contribution in [0.5, 0.6) is 0 Å². The lowest BCUT2D eigenvalue weighted by Gasteiger charge is -2.35. The minimum Gasteiger partial charge on any atom is -0.375 e. The van der Waals surface area contributed by atoms with Gasteiger partial charge in [0.25, 0.3) is 0 Å². The monoisotopic (exact) mass is 375 g/mol. The van der Waals surface area contributed by atoms with E-state index in [1.54, 1.807) is 7.11 Å². The van der Waals surface area contributed by atoms with Crippen molar-refractivity contribution in [2.45, 2.75) is 57.5 Å². The number of fused-ring (bicyclic) bond motifs is 1. The fourth-order valence-electron chi connectivity index (χ4n) is 4.24. The van der Waals surface area contributed by atoms with Gasteiger partial charge in [0.2, 0.25) is 11.8 Å². The summed E-state index contributed by atoms with van der Waals surface area (Å²) in [6.07, 6.45) is 6.80. The lowest BCUT2D eigenvalue weighted by Crippen LogP contribution is -2.41. The van der Waals surface area contributed by atoms with Crippen LogP contribution in [0.1, 0.15) is 56.2 Å². The van der Waals surface area contributed by atoms with Crippen LogP contribution in [0.25, 0.3) is 0 Å². The van der Waals surface area contributed by atoms with E-state index in [9.17, 15) is 9.59 Å². The highest BCUT2D eigenvalue weighted by molar-refractivity contribution is 5.78. The maximum Gasteiger partial charge on any atom is 0.249 e. The number of carbonyl (C=O) groups excluding carboxylic acids is 2. The van der Waals surface area contributed by atoms with Crippen molar-refractivity contribution in [2.75, 3.05) is 33.4 Å². The van der Waals surface area contributed by atoms with Gasteiger partial charge in [0, 0.05) is 46.1 Å². The summed E-state index contributed by atoms with van der Waals surface area (Å²) in [6.45, 7) is 2.95. The minimum absolute atomic E-state index is 0.00871. The van der Waals surface area contributed by atoms with Gasteiger partial charge in [-0.15, -0.1) is 10.2 Å². The number of nitrogens with zero attached hydrogens (tertiary/aromatic N) is 5. The Balaban J connectivity index is 1.49. The third-order valence-electron chi connectivity index (χ3n) is 5.96. The summed E-state index contributed by atoms with van der Waals surface area (Å²) in [5.41, 5.74) is 0. The molecule has 3 heterocycles. The van der Waals surface area contributed by atoms with Crippen molar-refractivity contribution in [2.24, 2.45) is 5.92 Å². The average molecular weight is 375 g/mol. The Morgan fingerprint density at radius 3 is 2.67 bits per heavy atom. The van der Waals surface area contributed by atoms with Crippen molar-refractivity contribution >= 4 is 11.8 Å². The fraction of sp³-hybridized carbons (Fsp3) is 0.789. The van der Waals surface area contributed by atoms with Crippen molar-refractivity contribution in [3.8, 4) is 0 Å². The Morgan fingerprint density at radius 1 is 1.04 bits per heavy atom. The van der Waals surface area contributed by atoms with E-state index >= 15 is 0 Å². The summed E-state index contributed by atoms with van der Waals surface area (Å²) in [6, 6.07) is -0.0450. The molecule has 0 bridgehead atoms. The molecule has 8 nitrogen and oxygen atoms in total. The second-order valence-electron chi connectivity index (χ2n) is 7.94. The highest BCUT2D eigenvalue weighted by atomic mass is 16.5. The van der Waals surface area contributed by atoms with Gasteiger partial charge in [-0.05, 0) is 38.0 Å². The Kier molecular flexibility index (Phi) is 5.43. The molecule has 3 aliphatic rings. The van der Waals surface area contributed by atoms with Crippen molar-refractivity contribution in [1.82, 2.24) is 24.6 Å². The van der Waals surface area contributed by atoms with E-state index in [0.29, 0.717) is 32.0 Å². The first kappa shape index (κ1) is 18.4. The van der Waals surface area contributed by atoms with Gasteiger partial charge < -0.3 is 19.1 Å². The molecule has 0 radical (unpaired) electrons. The predicted octanol–water partition coefficient (Wildman–Crippen LogP) is 1.16. The molecule has 2 fully saturated rings. The number of ether oxygens (including phenoxy) is 1. The number of methoxy groups -OCH3 is 1. The number of hydrogen-bond donors (Lipinski definition) is 0. The maximum absolute atomic E-state index is 12.5. The van der Waals surface area contributed by atoms with Crippen LogP contribution >= 0.6 is 0 Å².